The molecule has 0 aromatic carbocycles. The highest BCUT2D eigenvalue weighted by Gasteiger charge is 2.23. The molecule has 3 heterocycles. The van der Waals surface area contributed by atoms with Crippen LogP contribution in [0.25, 0.3) is 0 Å². The van der Waals surface area contributed by atoms with E-state index in [0.29, 0.717) is 32.2 Å². The maximum absolute atomic E-state index is 11.9. The first kappa shape index (κ1) is 15.5. The van der Waals surface area contributed by atoms with Crippen LogP contribution in [0.5, 0.6) is 0 Å². The number of aromatic nitrogens is 1. The smallest absolute Gasteiger partial charge is 0.320 e. The highest BCUT2D eigenvalue weighted by Crippen LogP contribution is 2.05. The number of amides is 2. The molecule has 116 valence electrons. The zero-order valence-electron chi connectivity index (χ0n) is 12.1. The van der Waals surface area contributed by atoms with Gasteiger partial charge in [-0.1, -0.05) is 6.07 Å². The summed E-state index contributed by atoms with van der Waals surface area (Å²) in [4.78, 5) is 19.4. The van der Waals surface area contributed by atoms with Crippen LogP contribution in [0.4, 0.5) is 10.6 Å². The van der Waals surface area contributed by atoms with Crippen molar-refractivity contribution in [1.82, 2.24) is 14.8 Å². The largest absolute Gasteiger partial charge is 0.384 e. The molecule has 2 aliphatic rings. The Labute approximate surface area is 124 Å². The molecule has 1 aromatic heterocycles. The fourth-order valence-electron chi connectivity index (χ4n) is 2.09. The molecule has 21 heavy (non-hydrogen) atoms. The van der Waals surface area contributed by atoms with Crippen molar-refractivity contribution in [3.63, 3.8) is 0 Å². The Morgan fingerprint density at radius 3 is 1.86 bits per heavy atom. The quantitative estimate of drug-likeness (QED) is 0.750. The van der Waals surface area contributed by atoms with Crippen molar-refractivity contribution in [2.75, 3.05) is 58.3 Å². The normalized spacial score (nSPS) is 18.7. The Bertz CT molecular complexity index is 397. The minimum absolute atomic E-state index is 0.136. The summed E-state index contributed by atoms with van der Waals surface area (Å²) in [6.07, 6.45) is 1.66. The fourth-order valence-corrected chi connectivity index (χ4v) is 2.09. The molecule has 7 heteroatoms. The summed E-state index contributed by atoms with van der Waals surface area (Å²) in [6, 6.07) is 5.57. The standard InChI is InChI=1S/C9H16N2O3.C5H6N2/c12-9(10-1-5-13-6-2-10)11-3-7-14-8-4-11;6-5-3-1-2-4-7-5/h1-8H2;1-4H,(H2,6,7). The third kappa shape index (κ3) is 5.20. The summed E-state index contributed by atoms with van der Waals surface area (Å²) in [5.41, 5.74) is 5.25. The van der Waals surface area contributed by atoms with Gasteiger partial charge in [0, 0.05) is 32.4 Å². The van der Waals surface area contributed by atoms with Gasteiger partial charge in [0.25, 0.3) is 0 Å². The van der Waals surface area contributed by atoms with Crippen LogP contribution in [0.1, 0.15) is 0 Å². The lowest BCUT2D eigenvalue weighted by molar-refractivity contribution is 0.0189. The van der Waals surface area contributed by atoms with Crippen molar-refractivity contribution in [2.45, 2.75) is 0 Å². The van der Waals surface area contributed by atoms with Crippen molar-refractivity contribution >= 4 is 11.8 Å². The van der Waals surface area contributed by atoms with E-state index < -0.39 is 0 Å². The van der Waals surface area contributed by atoms with Gasteiger partial charge in [0.1, 0.15) is 5.82 Å². The molecular weight excluding hydrogens is 272 g/mol. The number of morpholine rings is 2. The number of nitrogen functional groups attached to an aromatic ring is 1. The number of nitrogens with zero attached hydrogens (tertiary/aromatic N) is 3. The van der Waals surface area contributed by atoms with Gasteiger partial charge in [0.2, 0.25) is 0 Å². The van der Waals surface area contributed by atoms with Crippen molar-refractivity contribution in [2.24, 2.45) is 0 Å². The van der Waals surface area contributed by atoms with Gasteiger partial charge in [-0.2, -0.15) is 0 Å². The Morgan fingerprint density at radius 2 is 1.52 bits per heavy atom. The minimum atomic E-state index is 0.136. The van der Waals surface area contributed by atoms with Crippen LogP contribution in [-0.2, 0) is 9.47 Å². The van der Waals surface area contributed by atoms with E-state index in [1.807, 2.05) is 21.9 Å². The molecule has 2 fully saturated rings. The van der Waals surface area contributed by atoms with Gasteiger partial charge in [-0.05, 0) is 12.1 Å². The molecule has 0 atom stereocenters. The number of pyridine rings is 1. The highest BCUT2D eigenvalue weighted by molar-refractivity contribution is 5.74. The molecule has 2 N–H and O–H groups in total. The second kappa shape index (κ2) is 8.43. The van der Waals surface area contributed by atoms with E-state index in [9.17, 15) is 4.79 Å². The van der Waals surface area contributed by atoms with Gasteiger partial charge in [0.15, 0.2) is 0 Å². The first-order valence-corrected chi connectivity index (χ1v) is 7.13. The van der Waals surface area contributed by atoms with Gasteiger partial charge in [-0.15, -0.1) is 0 Å². The number of ether oxygens (including phenoxy) is 2. The lowest BCUT2D eigenvalue weighted by atomic mass is 10.4. The Hall–Kier alpha value is -1.86. The second-order valence-corrected chi connectivity index (χ2v) is 4.74. The molecule has 7 nitrogen and oxygen atoms in total. The van der Waals surface area contributed by atoms with E-state index in [-0.39, 0.29) is 6.03 Å². The second-order valence-electron chi connectivity index (χ2n) is 4.74. The van der Waals surface area contributed by atoms with Crippen molar-refractivity contribution in [1.29, 1.82) is 0 Å². The Balaban J connectivity index is 0.000000194. The average Bonchev–Trinajstić information content (AvgIpc) is 2.57. The first-order chi connectivity index (χ1) is 10.3. The number of hydrogen-bond acceptors (Lipinski definition) is 5. The summed E-state index contributed by atoms with van der Waals surface area (Å²) in [5.74, 6) is 0.572. The number of nitrogens with two attached hydrogens (primary N) is 1. The molecule has 2 amide bonds. The number of carbonyl (C=O) groups excluding carboxylic acids is 1. The summed E-state index contributed by atoms with van der Waals surface area (Å²) in [6.45, 7) is 5.52. The molecule has 2 aliphatic heterocycles. The van der Waals surface area contributed by atoms with Gasteiger partial charge in [-0.3, -0.25) is 0 Å². The van der Waals surface area contributed by atoms with Gasteiger partial charge >= 0.3 is 6.03 Å². The predicted octanol–water partition coefficient (Wildman–Crippen LogP) is 0.435. The minimum Gasteiger partial charge on any atom is -0.384 e. The van der Waals surface area contributed by atoms with E-state index in [4.69, 9.17) is 15.2 Å². The molecule has 2 saturated heterocycles. The number of hydrogen-bond donors (Lipinski definition) is 1. The SMILES string of the molecule is Nc1ccccn1.O=C(N1CCOCC1)N1CCOCC1. The molecule has 1 aromatic rings. The third-order valence-electron chi connectivity index (χ3n) is 3.25. The number of rotatable bonds is 0. The predicted molar refractivity (Wildman–Crippen MR) is 78.8 cm³/mol. The molecule has 0 spiro atoms. The summed E-state index contributed by atoms with van der Waals surface area (Å²) >= 11 is 0. The van der Waals surface area contributed by atoms with Crippen molar-refractivity contribution < 1.29 is 14.3 Å². The van der Waals surface area contributed by atoms with Crippen LogP contribution in [0.2, 0.25) is 0 Å². The summed E-state index contributed by atoms with van der Waals surface area (Å²) in [7, 11) is 0. The van der Waals surface area contributed by atoms with Gasteiger partial charge in [0.05, 0.1) is 26.4 Å². The number of carbonyl (C=O) groups is 1. The van der Waals surface area contributed by atoms with E-state index in [0.717, 1.165) is 26.2 Å². The molecule has 0 aliphatic carbocycles. The van der Waals surface area contributed by atoms with Crippen LogP contribution in [0.3, 0.4) is 0 Å². The number of anilines is 1. The lowest BCUT2D eigenvalue weighted by Gasteiger charge is -2.34. The van der Waals surface area contributed by atoms with Crippen molar-refractivity contribution in [3.8, 4) is 0 Å². The third-order valence-corrected chi connectivity index (χ3v) is 3.25. The summed E-state index contributed by atoms with van der Waals surface area (Å²) in [5, 5.41) is 0. The van der Waals surface area contributed by atoms with Crippen LogP contribution in [-0.4, -0.2) is 73.4 Å². The lowest BCUT2D eigenvalue weighted by Crippen LogP contribution is -2.51. The fraction of sp³-hybridized carbons (Fsp3) is 0.571. The molecule has 0 radical (unpaired) electrons. The maximum atomic E-state index is 11.9. The Kier molecular flexibility index (Phi) is 6.23. The monoisotopic (exact) mass is 294 g/mol. The zero-order chi connectivity index (χ0) is 14.9. The van der Waals surface area contributed by atoms with Crippen LogP contribution >= 0.6 is 0 Å². The van der Waals surface area contributed by atoms with Crippen LogP contribution in [0, 0.1) is 0 Å². The van der Waals surface area contributed by atoms with E-state index in [1.54, 1.807) is 12.3 Å². The van der Waals surface area contributed by atoms with E-state index in [1.165, 1.54) is 0 Å². The van der Waals surface area contributed by atoms with E-state index >= 15 is 0 Å². The highest BCUT2D eigenvalue weighted by atomic mass is 16.5. The molecule has 0 saturated carbocycles. The topological polar surface area (TPSA) is 80.9 Å². The average molecular weight is 294 g/mol. The zero-order valence-corrected chi connectivity index (χ0v) is 12.1. The van der Waals surface area contributed by atoms with Gasteiger partial charge < -0.3 is 25.0 Å². The molecule has 0 bridgehead atoms. The maximum Gasteiger partial charge on any atom is 0.320 e. The van der Waals surface area contributed by atoms with E-state index in [2.05, 4.69) is 4.98 Å². The van der Waals surface area contributed by atoms with Crippen LogP contribution in [0.15, 0.2) is 24.4 Å². The molecule has 3 rings (SSSR count). The Morgan fingerprint density at radius 1 is 1.00 bits per heavy atom. The molecule has 0 unspecified atom stereocenters. The van der Waals surface area contributed by atoms with Crippen molar-refractivity contribution in [3.05, 3.63) is 24.4 Å². The number of urea groups is 1. The molecular formula is C14H22N4O3. The first-order valence-electron chi connectivity index (χ1n) is 7.13. The van der Waals surface area contributed by atoms with Crippen LogP contribution < -0.4 is 5.73 Å². The summed E-state index contributed by atoms with van der Waals surface area (Å²) < 4.78 is 10.4. The van der Waals surface area contributed by atoms with Gasteiger partial charge in [-0.25, -0.2) is 9.78 Å².